The Balaban J connectivity index is 1.69. The molecule has 0 saturated carbocycles. The predicted molar refractivity (Wildman–Crippen MR) is 139 cm³/mol. The second kappa shape index (κ2) is 10.7. The number of nitrogens with zero attached hydrogens (tertiary/aromatic N) is 3. The zero-order valence-electron chi connectivity index (χ0n) is 20.9. The van der Waals surface area contributed by atoms with Crippen LogP contribution in [0.4, 0.5) is 5.95 Å². The number of likely N-dealkylation sites (N-methyl/N-ethyl adjacent to an activating group) is 1. The normalized spacial score (nSPS) is 16.5. The summed E-state index contributed by atoms with van der Waals surface area (Å²) in [6.45, 7) is 8.39. The van der Waals surface area contributed by atoms with E-state index in [0.29, 0.717) is 17.9 Å². The van der Waals surface area contributed by atoms with Gasteiger partial charge in [-0.15, -0.1) is 0 Å². The van der Waals surface area contributed by atoms with Gasteiger partial charge in [0.05, 0.1) is 16.6 Å². The number of aryl methyl sites for hydroxylation is 2. The number of aromatic nitrogens is 2. The Morgan fingerprint density at radius 3 is 2.56 bits per heavy atom. The maximum atomic E-state index is 13.2. The Morgan fingerprint density at radius 2 is 1.86 bits per heavy atom. The summed E-state index contributed by atoms with van der Waals surface area (Å²) in [5, 5.41) is 3.42. The number of nitrogens with one attached hydrogen (secondary N) is 2. The number of anilines is 1. The van der Waals surface area contributed by atoms with Crippen molar-refractivity contribution in [2.75, 3.05) is 38.0 Å². The molecule has 2 aromatic carbocycles. The van der Waals surface area contributed by atoms with Gasteiger partial charge in [-0.25, -0.2) is 18.1 Å². The van der Waals surface area contributed by atoms with Crippen LogP contribution in [0.3, 0.4) is 0 Å². The summed E-state index contributed by atoms with van der Waals surface area (Å²) in [6, 6.07) is 13.6. The molecule has 0 amide bonds. The van der Waals surface area contributed by atoms with Gasteiger partial charge in [-0.1, -0.05) is 30.3 Å². The fourth-order valence-corrected chi connectivity index (χ4v) is 5.23. The Labute approximate surface area is 212 Å². The Kier molecular flexibility index (Phi) is 7.67. The van der Waals surface area contributed by atoms with Gasteiger partial charge in [0.1, 0.15) is 6.61 Å². The van der Waals surface area contributed by atoms with Crippen LogP contribution in [0.15, 0.2) is 53.4 Å². The number of rotatable bonds is 8. The summed E-state index contributed by atoms with van der Waals surface area (Å²) < 4.78 is 34.8. The van der Waals surface area contributed by atoms with E-state index in [4.69, 9.17) is 4.74 Å². The van der Waals surface area contributed by atoms with Gasteiger partial charge in [-0.05, 0) is 51.1 Å². The fourth-order valence-electron chi connectivity index (χ4n) is 4.24. The Morgan fingerprint density at radius 1 is 1.14 bits per heavy atom. The maximum Gasteiger partial charge on any atom is 0.264 e. The molecule has 9 nitrogen and oxygen atoms in total. The van der Waals surface area contributed by atoms with E-state index in [1.54, 1.807) is 12.1 Å². The Hall–Kier alpha value is -3.34. The summed E-state index contributed by atoms with van der Waals surface area (Å²) >= 11 is 0. The first kappa shape index (κ1) is 25.7. The highest BCUT2D eigenvalue weighted by atomic mass is 32.2. The molecule has 0 bridgehead atoms. The van der Waals surface area contributed by atoms with Crippen molar-refractivity contribution in [2.24, 2.45) is 0 Å². The minimum Gasteiger partial charge on any atom is -0.476 e. The van der Waals surface area contributed by atoms with E-state index < -0.39 is 10.0 Å². The number of Topliss-reactive ketones (excluding diaryl/α,β-unsaturated/α-hetero) is 1. The molecule has 1 aromatic heterocycles. The number of sulfonamides is 1. The molecular weight excluding hydrogens is 478 g/mol. The molecule has 1 unspecified atom stereocenters. The van der Waals surface area contributed by atoms with Crippen molar-refractivity contribution in [1.29, 1.82) is 0 Å². The lowest BCUT2D eigenvalue weighted by Gasteiger charge is -2.30. The van der Waals surface area contributed by atoms with E-state index in [0.717, 1.165) is 36.3 Å². The Bertz CT molecular complexity index is 1360. The van der Waals surface area contributed by atoms with Crippen LogP contribution < -0.4 is 14.8 Å². The van der Waals surface area contributed by atoms with Crippen molar-refractivity contribution in [3.05, 3.63) is 65.2 Å². The molecule has 0 radical (unpaired) electrons. The van der Waals surface area contributed by atoms with Crippen LogP contribution in [0.2, 0.25) is 0 Å². The number of carbonyl (C=O) groups excluding carboxylic acids is 1. The third kappa shape index (κ3) is 6.07. The van der Waals surface area contributed by atoms with Crippen LogP contribution in [-0.2, 0) is 10.0 Å². The lowest BCUT2D eigenvalue weighted by molar-refractivity contribution is 0.101. The van der Waals surface area contributed by atoms with E-state index in [-0.39, 0.29) is 28.5 Å². The molecule has 10 heteroatoms. The molecular formula is C26H31N5O4S. The second-order valence-electron chi connectivity index (χ2n) is 9.10. The highest BCUT2D eigenvalue weighted by Crippen LogP contribution is 2.29. The number of hydrogen-bond donors (Lipinski definition) is 2. The zero-order chi connectivity index (χ0) is 25.9. The van der Waals surface area contributed by atoms with E-state index in [1.165, 1.54) is 25.1 Å². The highest BCUT2D eigenvalue weighted by molar-refractivity contribution is 7.92. The zero-order valence-corrected chi connectivity index (χ0v) is 21.7. The SMILES string of the molecule is CC(=O)c1cccc(S(=O)(=O)Nc2nc(OCC3CN(C)CCN3)cc(-c3c(C)cccc3C)n2)c1. The fraction of sp³-hybridized carbons (Fsp3) is 0.346. The molecule has 1 atom stereocenters. The van der Waals surface area contributed by atoms with Crippen molar-refractivity contribution in [1.82, 2.24) is 20.2 Å². The van der Waals surface area contributed by atoms with Crippen molar-refractivity contribution < 1.29 is 17.9 Å². The number of carbonyl (C=O) groups is 1. The molecule has 4 rings (SSSR count). The molecule has 190 valence electrons. The largest absolute Gasteiger partial charge is 0.476 e. The quantitative estimate of drug-likeness (QED) is 0.446. The molecule has 0 spiro atoms. The number of benzene rings is 2. The van der Waals surface area contributed by atoms with Gasteiger partial charge >= 0.3 is 0 Å². The molecule has 1 fully saturated rings. The van der Waals surface area contributed by atoms with Gasteiger partial charge in [0.2, 0.25) is 11.8 Å². The number of ether oxygens (including phenoxy) is 1. The number of ketones is 1. The average Bonchev–Trinajstić information content (AvgIpc) is 2.82. The van der Waals surface area contributed by atoms with E-state index in [1.807, 2.05) is 32.0 Å². The first-order valence-corrected chi connectivity index (χ1v) is 13.2. The summed E-state index contributed by atoms with van der Waals surface area (Å²) in [5.74, 6) is -0.0575. The average molecular weight is 510 g/mol. The molecule has 0 aliphatic carbocycles. The van der Waals surface area contributed by atoms with Crippen LogP contribution in [0.25, 0.3) is 11.3 Å². The second-order valence-corrected chi connectivity index (χ2v) is 10.8. The first-order valence-electron chi connectivity index (χ1n) is 11.8. The monoisotopic (exact) mass is 509 g/mol. The molecule has 2 heterocycles. The van der Waals surface area contributed by atoms with Crippen LogP contribution >= 0.6 is 0 Å². The van der Waals surface area contributed by atoms with Crippen molar-refractivity contribution in [2.45, 2.75) is 31.7 Å². The maximum absolute atomic E-state index is 13.2. The van der Waals surface area contributed by atoms with Gasteiger partial charge in [0.15, 0.2) is 5.78 Å². The minimum absolute atomic E-state index is 0.0480. The third-order valence-corrected chi connectivity index (χ3v) is 7.43. The summed E-state index contributed by atoms with van der Waals surface area (Å²) in [4.78, 5) is 22.8. The van der Waals surface area contributed by atoms with Gasteiger partial charge in [-0.2, -0.15) is 4.98 Å². The molecule has 36 heavy (non-hydrogen) atoms. The van der Waals surface area contributed by atoms with Crippen molar-refractivity contribution in [3.63, 3.8) is 0 Å². The van der Waals surface area contributed by atoms with Crippen LogP contribution in [0, 0.1) is 13.8 Å². The van der Waals surface area contributed by atoms with E-state index in [9.17, 15) is 13.2 Å². The van der Waals surface area contributed by atoms with Gasteiger partial charge in [0.25, 0.3) is 10.0 Å². The van der Waals surface area contributed by atoms with Gasteiger partial charge in [-0.3, -0.25) is 4.79 Å². The molecule has 3 aromatic rings. The first-order chi connectivity index (χ1) is 17.1. The summed E-state index contributed by atoms with van der Waals surface area (Å²) in [5.41, 5.74) is 3.74. The molecule has 1 aliphatic heterocycles. The minimum atomic E-state index is -4.05. The van der Waals surface area contributed by atoms with E-state index >= 15 is 0 Å². The topological polar surface area (TPSA) is 114 Å². The summed E-state index contributed by atoms with van der Waals surface area (Å²) in [6.07, 6.45) is 0. The number of piperazine rings is 1. The van der Waals surface area contributed by atoms with Gasteiger partial charge < -0.3 is 15.0 Å². The number of hydrogen-bond acceptors (Lipinski definition) is 8. The highest BCUT2D eigenvalue weighted by Gasteiger charge is 2.21. The van der Waals surface area contributed by atoms with Crippen LogP contribution in [-0.4, -0.2) is 68.4 Å². The van der Waals surface area contributed by atoms with Crippen LogP contribution in [0.5, 0.6) is 5.88 Å². The standard InChI is InChI=1S/C26H31N5O4S/c1-17-7-5-8-18(2)25(17)23-14-24(35-16-21-15-31(4)12-11-27-21)29-26(28-23)30-36(33,34)22-10-6-9-20(13-22)19(3)32/h5-10,13-14,21,27H,11-12,15-16H2,1-4H3,(H,28,29,30). The van der Waals surface area contributed by atoms with Crippen molar-refractivity contribution >= 4 is 21.8 Å². The van der Waals surface area contributed by atoms with Gasteiger partial charge in [0, 0.05) is 36.8 Å². The van der Waals surface area contributed by atoms with E-state index in [2.05, 4.69) is 32.0 Å². The lowest BCUT2D eigenvalue weighted by Crippen LogP contribution is -2.51. The molecule has 1 aliphatic rings. The molecule has 2 N–H and O–H groups in total. The molecule has 1 saturated heterocycles. The lowest BCUT2D eigenvalue weighted by atomic mass is 10.00. The van der Waals surface area contributed by atoms with Crippen molar-refractivity contribution in [3.8, 4) is 17.1 Å². The van der Waals surface area contributed by atoms with Crippen LogP contribution in [0.1, 0.15) is 28.4 Å². The summed E-state index contributed by atoms with van der Waals surface area (Å²) in [7, 11) is -1.99. The third-order valence-electron chi connectivity index (χ3n) is 6.11. The smallest absolute Gasteiger partial charge is 0.264 e. The predicted octanol–water partition coefficient (Wildman–Crippen LogP) is 3.05.